The number of para-hydroxylation sites is 1. The number of rotatable bonds is 15. The molecule has 18 nitrogen and oxygen atoms in total. The normalized spacial score (nSPS) is 16.3. The molecule has 11 rings (SSSR count). The second-order valence-corrected chi connectivity index (χ2v) is 19.3. The number of alkyl halides is 4. The molecule has 81 heavy (non-hydrogen) atoms. The summed E-state index contributed by atoms with van der Waals surface area (Å²) < 4.78 is 80.2. The molecule has 2 aliphatic carbocycles. The Kier molecular flexibility index (Phi) is 23.9. The Morgan fingerprint density at radius 1 is 0.617 bits per heavy atom. The Morgan fingerprint density at radius 2 is 1.09 bits per heavy atom. The van der Waals surface area contributed by atoms with Gasteiger partial charge in [-0.3, -0.25) is 0 Å². The van der Waals surface area contributed by atoms with Crippen LogP contribution in [0.15, 0.2) is 88.4 Å². The maximum atomic E-state index is 12.8. The van der Waals surface area contributed by atoms with E-state index in [9.17, 15) is 17.6 Å². The van der Waals surface area contributed by atoms with Gasteiger partial charge in [0, 0.05) is 76.5 Å². The smallest absolute Gasteiger partial charge is 0.335 e. The summed E-state index contributed by atoms with van der Waals surface area (Å²) >= 11 is -0.750. The van der Waals surface area contributed by atoms with Gasteiger partial charge in [0.1, 0.15) is 22.8 Å². The second-order valence-electron chi connectivity index (χ2n) is 19.2. The summed E-state index contributed by atoms with van der Waals surface area (Å²) in [6, 6.07) is 18.0. The highest BCUT2D eigenvalue weighted by Crippen LogP contribution is 2.37. The first-order chi connectivity index (χ1) is 37.2. The third kappa shape index (κ3) is 15.0. The number of hydrogen-bond donors (Lipinski definition) is 5. The Hall–Kier alpha value is -6.36. The van der Waals surface area contributed by atoms with Crippen LogP contribution in [-0.2, 0) is 11.6 Å². The van der Waals surface area contributed by atoms with Gasteiger partial charge in [-0.25, -0.2) is 47.5 Å². The van der Waals surface area contributed by atoms with Crippen molar-refractivity contribution in [3.8, 4) is 50.7 Å². The van der Waals surface area contributed by atoms with Gasteiger partial charge in [-0.2, -0.15) is 62.4 Å². The van der Waals surface area contributed by atoms with Crippen LogP contribution >= 0.6 is 54.0 Å². The second kappa shape index (κ2) is 29.6. The number of aromatic nitrogens is 10. The zero-order valence-electron chi connectivity index (χ0n) is 45.2. The van der Waals surface area contributed by atoms with Gasteiger partial charge >= 0.3 is 11.6 Å². The molecule has 8 aromatic heterocycles. The molecule has 2 saturated carbocycles. The lowest BCUT2D eigenvalue weighted by Gasteiger charge is -2.22. The highest BCUT2D eigenvalue weighted by molar-refractivity contribution is 7.59. The minimum atomic E-state index is -2.38. The minimum absolute atomic E-state index is 0. The molecular formula is C54H66F4N14O4S5. The zero-order chi connectivity index (χ0) is 54.3. The molecule has 4 atom stereocenters. The standard InChI is InChI=1S/C30H31F2N7O.C24H27F2N7O.O2S.4H2S/c1-17-14-34-30(36-24-11-7-10-23(24)33-15-26(31)32)37-28(17)22-16-39(20-8-5-4-6-9-20)29-21(22)12-13-25(35-29)27-18(2)38-40-19(27)3;1-12-9-29-24(31-18-6-4-5-17(18)27-11-20(25)26)32-22(12)16-10-28-23-15(16)7-8-19(30-23)21-13(2)33-34-14(21)3;1-3-2;;;;/h4-6,8-9,12-14,16,23-24,26,33H,7,10-11,15H2,1-3H3,(H,34,36,37);7-10,17-18,20,27H,4-6,11H2,1-3H3,(H,28,30)(H,29,31,32);;4*1H2/t23-,24-;17-,18-;;;;;/m00...../s1. The number of aromatic amines is 1. The molecular weight excluding hydrogens is 1150 g/mol. The van der Waals surface area contributed by atoms with Gasteiger partial charge in [0.25, 0.3) is 12.9 Å². The van der Waals surface area contributed by atoms with Gasteiger partial charge in [0.15, 0.2) is 0 Å². The molecule has 2 aliphatic rings. The van der Waals surface area contributed by atoms with Gasteiger partial charge in [-0.1, -0.05) is 28.5 Å². The van der Waals surface area contributed by atoms with Crippen LogP contribution in [0.2, 0.25) is 0 Å². The molecule has 434 valence electrons. The van der Waals surface area contributed by atoms with Gasteiger partial charge in [0.2, 0.25) is 11.9 Å². The van der Waals surface area contributed by atoms with Gasteiger partial charge < -0.3 is 39.9 Å². The molecule has 0 radical (unpaired) electrons. The van der Waals surface area contributed by atoms with Gasteiger partial charge in [0.05, 0.1) is 58.4 Å². The van der Waals surface area contributed by atoms with Crippen molar-refractivity contribution >= 4 is 99.5 Å². The number of H-pyrrole nitrogens is 1. The summed E-state index contributed by atoms with van der Waals surface area (Å²) in [6.45, 7) is 10.9. The van der Waals surface area contributed by atoms with E-state index in [1.165, 1.54) is 0 Å². The third-order valence-corrected chi connectivity index (χ3v) is 14.0. The molecule has 0 bridgehead atoms. The summed E-state index contributed by atoms with van der Waals surface area (Å²) in [7, 11) is 0. The molecule has 0 amide bonds. The number of hydrogen-bond acceptors (Lipinski definition) is 16. The van der Waals surface area contributed by atoms with E-state index in [-0.39, 0.29) is 91.2 Å². The Balaban J connectivity index is 0.000000274. The maximum Gasteiger partial charge on any atom is 0.335 e. The molecule has 9 aromatic rings. The van der Waals surface area contributed by atoms with Crippen LogP contribution in [0.4, 0.5) is 29.5 Å². The highest BCUT2D eigenvalue weighted by Gasteiger charge is 2.30. The molecule has 0 aliphatic heterocycles. The Bertz CT molecular complexity index is 3510. The number of fused-ring (bicyclic) bond motifs is 2. The first-order valence-corrected chi connectivity index (χ1v) is 26.0. The van der Waals surface area contributed by atoms with E-state index < -0.39 is 24.4 Å². The molecule has 27 heteroatoms. The van der Waals surface area contributed by atoms with Crippen molar-refractivity contribution in [2.24, 2.45) is 0 Å². The molecule has 0 spiro atoms. The summed E-state index contributed by atoms with van der Waals surface area (Å²) in [6.07, 6.45) is 8.18. The zero-order valence-corrected chi connectivity index (χ0v) is 50.0. The van der Waals surface area contributed by atoms with Crippen LogP contribution in [0.25, 0.3) is 72.8 Å². The van der Waals surface area contributed by atoms with Crippen molar-refractivity contribution in [1.82, 2.24) is 60.4 Å². The van der Waals surface area contributed by atoms with Gasteiger partial charge in [-0.15, -0.1) is 0 Å². The average molecular weight is 1210 g/mol. The molecule has 1 aromatic carbocycles. The van der Waals surface area contributed by atoms with E-state index in [1.807, 2.05) is 96.3 Å². The van der Waals surface area contributed by atoms with E-state index in [4.69, 9.17) is 37.4 Å². The largest absolute Gasteiger partial charge is 0.361 e. The fourth-order valence-electron chi connectivity index (χ4n) is 10.4. The first-order valence-electron chi connectivity index (χ1n) is 25.3. The number of halogens is 4. The predicted octanol–water partition coefficient (Wildman–Crippen LogP) is 10.8. The number of aryl methyl sites for hydroxylation is 6. The lowest BCUT2D eigenvalue weighted by atomic mass is 10.1. The Morgan fingerprint density at radius 3 is 1.57 bits per heavy atom. The van der Waals surface area contributed by atoms with Crippen LogP contribution in [-0.4, -0.2) is 108 Å². The van der Waals surface area contributed by atoms with Crippen molar-refractivity contribution in [2.75, 3.05) is 23.7 Å². The van der Waals surface area contributed by atoms with Crippen LogP contribution in [0.3, 0.4) is 0 Å². The van der Waals surface area contributed by atoms with E-state index in [2.05, 4.69) is 63.4 Å². The summed E-state index contributed by atoms with van der Waals surface area (Å²) in [4.78, 5) is 31.8. The highest BCUT2D eigenvalue weighted by atomic mass is 32.1. The van der Waals surface area contributed by atoms with Crippen LogP contribution in [0.5, 0.6) is 0 Å². The predicted molar refractivity (Wildman–Crippen MR) is 327 cm³/mol. The Labute approximate surface area is 497 Å². The monoisotopic (exact) mass is 1210 g/mol. The quantitative estimate of drug-likeness (QED) is 0.0601. The van der Waals surface area contributed by atoms with E-state index >= 15 is 0 Å². The molecule has 5 N–H and O–H groups in total. The number of anilines is 2. The van der Waals surface area contributed by atoms with E-state index in [1.54, 1.807) is 12.4 Å². The fourth-order valence-corrected chi connectivity index (χ4v) is 10.4. The minimum Gasteiger partial charge on any atom is -0.361 e. The lowest BCUT2D eigenvalue weighted by molar-refractivity contribution is 0.140. The number of benzene rings is 1. The van der Waals surface area contributed by atoms with Crippen molar-refractivity contribution in [3.05, 3.63) is 113 Å². The van der Waals surface area contributed by atoms with Crippen LogP contribution in [0.1, 0.15) is 72.6 Å². The molecule has 0 unspecified atom stereocenters. The maximum absolute atomic E-state index is 12.8. The average Bonchev–Trinajstić information content (AvgIpc) is 4.51. The van der Waals surface area contributed by atoms with Crippen molar-refractivity contribution in [2.45, 2.75) is 117 Å². The molecule has 8 heterocycles. The number of pyridine rings is 2. The van der Waals surface area contributed by atoms with Crippen LogP contribution < -0.4 is 21.3 Å². The van der Waals surface area contributed by atoms with Crippen LogP contribution in [0, 0.1) is 41.5 Å². The first kappa shape index (κ1) is 65.5. The molecule has 2 fully saturated rings. The number of nitrogens with zero attached hydrogens (tertiary/aromatic N) is 9. The summed E-state index contributed by atoms with van der Waals surface area (Å²) in [5.74, 6) is 2.42. The lowest BCUT2D eigenvalue weighted by Crippen LogP contribution is -2.42. The summed E-state index contributed by atoms with van der Waals surface area (Å²) in [5, 5.41) is 22.7. The van der Waals surface area contributed by atoms with E-state index in [0.29, 0.717) is 11.9 Å². The topological polar surface area (TPSA) is 232 Å². The third-order valence-electron chi connectivity index (χ3n) is 14.0. The molecule has 0 saturated heterocycles. The van der Waals surface area contributed by atoms with Crippen molar-refractivity contribution in [3.63, 3.8) is 0 Å². The summed E-state index contributed by atoms with van der Waals surface area (Å²) in [5.41, 5.74) is 12.8. The number of nitrogens with one attached hydrogen (secondary N) is 5. The SMILES string of the molecule is Cc1cnc(N[C@H]2CCC[C@@H]2NCC(F)F)nc1-c1c[nH]c2nc(-c3c(C)noc3C)ccc12.Cc1cnc(N[C@H]2CCC[C@@H]2NCC(F)F)nc1-c1cn(-c2ccccc2)c2nc(-c3c(C)noc3C)ccc12.O=S=O.S.S.S.S. The van der Waals surface area contributed by atoms with Crippen molar-refractivity contribution in [1.29, 1.82) is 0 Å². The van der Waals surface area contributed by atoms with Gasteiger partial charge in [-0.05, 0) is 128 Å². The fraction of sp³-hybridized carbons (Fsp3) is 0.370. The van der Waals surface area contributed by atoms with Crippen molar-refractivity contribution < 1.29 is 35.0 Å². The van der Waals surface area contributed by atoms with E-state index in [0.717, 1.165) is 145 Å².